The molecule has 2 aromatic carbocycles. The average Bonchev–Trinajstić information content (AvgIpc) is 3.33. The molecule has 162 valence electrons. The largest absolute Gasteiger partial charge is 0.379 e. The number of carbonyl (C=O) groups is 1. The van der Waals surface area contributed by atoms with E-state index in [9.17, 15) is 13.2 Å². The van der Waals surface area contributed by atoms with Crippen LogP contribution in [0.1, 0.15) is 21.5 Å². The van der Waals surface area contributed by atoms with Gasteiger partial charge >= 0.3 is 0 Å². The Kier molecular flexibility index (Phi) is 6.22. The van der Waals surface area contributed by atoms with E-state index in [4.69, 9.17) is 4.74 Å². The SMILES string of the molecule is Cc1ccc(C(=O)NCc2ccc(S(=O)(=O)N3CCOCC3)cc2)cc1-n1cccc1. The van der Waals surface area contributed by atoms with Crippen molar-refractivity contribution in [3.05, 3.63) is 83.7 Å². The third-order valence-corrected chi connectivity index (χ3v) is 7.25. The van der Waals surface area contributed by atoms with Crippen LogP contribution in [-0.4, -0.2) is 49.5 Å². The Morgan fingerprint density at radius 2 is 1.71 bits per heavy atom. The molecule has 1 aromatic heterocycles. The number of nitrogens with zero attached hydrogens (tertiary/aromatic N) is 2. The number of carbonyl (C=O) groups excluding carboxylic acids is 1. The van der Waals surface area contributed by atoms with Gasteiger partial charge in [-0.3, -0.25) is 4.79 Å². The minimum atomic E-state index is -3.52. The molecule has 0 aliphatic carbocycles. The van der Waals surface area contributed by atoms with Gasteiger partial charge in [0.15, 0.2) is 0 Å². The second-order valence-electron chi connectivity index (χ2n) is 7.43. The van der Waals surface area contributed by atoms with E-state index in [1.165, 1.54) is 4.31 Å². The van der Waals surface area contributed by atoms with Gasteiger partial charge < -0.3 is 14.6 Å². The minimum Gasteiger partial charge on any atom is -0.379 e. The highest BCUT2D eigenvalue weighted by Gasteiger charge is 2.26. The van der Waals surface area contributed by atoms with Crippen molar-refractivity contribution in [2.75, 3.05) is 26.3 Å². The predicted molar refractivity (Wildman–Crippen MR) is 118 cm³/mol. The average molecular weight is 440 g/mol. The molecule has 1 fully saturated rings. The van der Waals surface area contributed by atoms with E-state index in [1.54, 1.807) is 30.3 Å². The molecule has 7 nitrogen and oxygen atoms in total. The fourth-order valence-corrected chi connectivity index (χ4v) is 4.93. The van der Waals surface area contributed by atoms with Gasteiger partial charge in [-0.25, -0.2) is 8.42 Å². The number of amides is 1. The zero-order chi connectivity index (χ0) is 21.8. The molecule has 8 heteroatoms. The standard InChI is InChI=1S/C23H25N3O4S/c1-18-4-7-20(16-22(18)25-10-2-3-11-25)23(27)24-17-19-5-8-21(9-6-19)31(28,29)26-12-14-30-15-13-26/h2-11,16H,12-15,17H2,1H3,(H,24,27). The van der Waals surface area contributed by atoms with E-state index < -0.39 is 10.0 Å². The molecular formula is C23H25N3O4S. The number of ether oxygens (including phenoxy) is 1. The molecule has 4 rings (SSSR count). The van der Waals surface area contributed by atoms with Crippen LogP contribution in [0.5, 0.6) is 0 Å². The number of rotatable bonds is 6. The van der Waals surface area contributed by atoms with Gasteiger partial charge in [-0.2, -0.15) is 4.31 Å². The van der Waals surface area contributed by atoms with Crippen LogP contribution in [0.3, 0.4) is 0 Å². The second-order valence-corrected chi connectivity index (χ2v) is 9.37. The summed E-state index contributed by atoms with van der Waals surface area (Å²) < 4.78 is 34.0. The Morgan fingerprint density at radius 3 is 2.39 bits per heavy atom. The summed E-state index contributed by atoms with van der Waals surface area (Å²) >= 11 is 0. The lowest BCUT2D eigenvalue weighted by molar-refractivity contribution is 0.0730. The van der Waals surface area contributed by atoms with Gasteiger partial charge in [0.2, 0.25) is 10.0 Å². The number of aryl methyl sites for hydroxylation is 1. The highest BCUT2D eigenvalue weighted by atomic mass is 32.2. The summed E-state index contributed by atoms with van der Waals surface area (Å²) in [6.07, 6.45) is 3.88. The Hall–Kier alpha value is -2.94. The first-order valence-corrected chi connectivity index (χ1v) is 11.6. The monoisotopic (exact) mass is 439 g/mol. The molecule has 0 saturated carbocycles. The fourth-order valence-electron chi connectivity index (χ4n) is 3.52. The topological polar surface area (TPSA) is 80.6 Å². The second kappa shape index (κ2) is 9.05. The van der Waals surface area contributed by atoms with Gasteiger partial charge in [-0.05, 0) is 54.4 Å². The van der Waals surface area contributed by atoms with Gasteiger partial charge in [-0.15, -0.1) is 0 Å². The maximum Gasteiger partial charge on any atom is 0.251 e. The highest BCUT2D eigenvalue weighted by Crippen LogP contribution is 2.19. The number of hydrogen-bond donors (Lipinski definition) is 1. The summed E-state index contributed by atoms with van der Waals surface area (Å²) in [6.45, 7) is 3.86. The normalized spacial score (nSPS) is 15.0. The van der Waals surface area contributed by atoms with Gasteiger partial charge in [0.05, 0.1) is 18.1 Å². The first-order chi connectivity index (χ1) is 14.9. The van der Waals surface area contributed by atoms with E-state index in [0.717, 1.165) is 16.8 Å². The van der Waals surface area contributed by atoms with Crippen LogP contribution < -0.4 is 5.32 Å². The van der Waals surface area contributed by atoms with E-state index in [-0.39, 0.29) is 10.8 Å². The maximum atomic E-state index is 12.7. The summed E-state index contributed by atoms with van der Waals surface area (Å²) in [6, 6.07) is 16.1. The molecule has 0 atom stereocenters. The van der Waals surface area contributed by atoms with Crippen molar-refractivity contribution in [3.63, 3.8) is 0 Å². The zero-order valence-corrected chi connectivity index (χ0v) is 18.1. The quantitative estimate of drug-likeness (QED) is 0.641. The maximum absolute atomic E-state index is 12.7. The number of sulfonamides is 1. The molecule has 31 heavy (non-hydrogen) atoms. The lowest BCUT2D eigenvalue weighted by Crippen LogP contribution is -2.40. The van der Waals surface area contributed by atoms with Crippen molar-refractivity contribution in [1.29, 1.82) is 0 Å². The van der Waals surface area contributed by atoms with Crippen LogP contribution in [0.2, 0.25) is 0 Å². The number of nitrogens with one attached hydrogen (secondary N) is 1. The summed E-state index contributed by atoms with van der Waals surface area (Å²) in [5, 5.41) is 2.90. The van der Waals surface area contributed by atoms with Crippen LogP contribution in [0, 0.1) is 6.92 Å². The predicted octanol–water partition coefficient (Wildman–Crippen LogP) is 2.74. The smallest absolute Gasteiger partial charge is 0.251 e. The summed E-state index contributed by atoms with van der Waals surface area (Å²) in [7, 11) is -3.52. The van der Waals surface area contributed by atoms with Crippen molar-refractivity contribution < 1.29 is 17.9 Å². The van der Waals surface area contributed by atoms with Gasteiger partial charge in [0, 0.05) is 43.3 Å². The molecule has 1 aliphatic rings. The number of aromatic nitrogens is 1. The van der Waals surface area contributed by atoms with Crippen molar-refractivity contribution in [2.45, 2.75) is 18.4 Å². The number of benzene rings is 2. The van der Waals surface area contributed by atoms with Crippen molar-refractivity contribution in [2.24, 2.45) is 0 Å². The molecule has 1 aliphatic heterocycles. The first kappa shape index (κ1) is 21.3. The molecule has 1 amide bonds. The fraction of sp³-hybridized carbons (Fsp3) is 0.261. The minimum absolute atomic E-state index is 0.182. The van der Waals surface area contributed by atoms with Crippen LogP contribution in [0.15, 0.2) is 71.9 Å². The van der Waals surface area contributed by atoms with Crippen LogP contribution in [0.25, 0.3) is 5.69 Å². The van der Waals surface area contributed by atoms with Crippen molar-refractivity contribution in [3.8, 4) is 5.69 Å². The summed E-state index contributed by atoms with van der Waals surface area (Å²) in [5.74, 6) is -0.182. The van der Waals surface area contributed by atoms with Crippen LogP contribution in [-0.2, 0) is 21.3 Å². The summed E-state index contributed by atoms with van der Waals surface area (Å²) in [5.41, 5.74) is 3.42. The van der Waals surface area contributed by atoms with E-state index in [1.807, 2.05) is 48.1 Å². The molecule has 3 aromatic rings. The molecule has 0 spiro atoms. The van der Waals surface area contributed by atoms with Gasteiger partial charge in [0.25, 0.3) is 5.91 Å². The first-order valence-electron chi connectivity index (χ1n) is 10.1. The van der Waals surface area contributed by atoms with E-state index >= 15 is 0 Å². The van der Waals surface area contributed by atoms with E-state index in [2.05, 4.69) is 5.32 Å². The Morgan fingerprint density at radius 1 is 1.03 bits per heavy atom. The molecule has 0 unspecified atom stereocenters. The molecule has 2 heterocycles. The zero-order valence-electron chi connectivity index (χ0n) is 17.3. The molecule has 0 bridgehead atoms. The van der Waals surface area contributed by atoms with Gasteiger partial charge in [0.1, 0.15) is 0 Å². The van der Waals surface area contributed by atoms with Crippen molar-refractivity contribution >= 4 is 15.9 Å². The number of hydrogen-bond acceptors (Lipinski definition) is 4. The Bertz CT molecular complexity index is 1150. The van der Waals surface area contributed by atoms with E-state index in [0.29, 0.717) is 38.4 Å². The summed E-state index contributed by atoms with van der Waals surface area (Å²) in [4.78, 5) is 12.9. The third kappa shape index (κ3) is 4.71. The third-order valence-electron chi connectivity index (χ3n) is 5.34. The lowest BCUT2D eigenvalue weighted by Gasteiger charge is -2.26. The van der Waals surface area contributed by atoms with Crippen molar-refractivity contribution in [1.82, 2.24) is 14.2 Å². The number of morpholine rings is 1. The lowest BCUT2D eigenvalue weighted by atomic mass is 10.1. The highest BCUT2D eigenvalue weighted by molar-refractivity contribution is 7.89. The molecule has 0 radical (unpaired) electrons. The van der Waals surface area contributed by atoms with Crippen LogP contribution in [0.4, 0.5) is 0 Å². The Labute approximate surface area is 182 Å². The molecular weight excluding hydrogens is 414 g/mol. The molecule has 1 saturated heterocycles. The van der Waals surface area contributed by atoms with Crippen LogP contribution >= 0.6 is 0 Å². The Balaban J connectivity index is 1.42. The van der Waals surface area contributed by atoms with Gasteiger partial charge in [-0.1, -0.05) is 18.2 Å². The molecule has 1 N–H and O–H groups in total.